The lowest BCUT2D eigenvalue weighted by Gasteiger charge is -2.15. The van der Waals surface area contributed by atoms with Crippen LogP contribution >= 0.6 is 0 Å². The second-order valence-corrected chi connectivity index (χ2v) is 4.81. The number of nitrogens with zero attached hydrogens (tertiary/aromatic N) is 2. The molecule has 3 N–H and O–H groups in total. The zero-order valence-corrected chi connectivity index (χ0v) is 11.4. The monoisotopic (exact) mass is 250 g/mol. The lowest BCUT2D eigenvalue weighted by Crippen LogP contribution is -2.28. The van der Waals surface area contributed by atoms with Crippen molar-refractivity contribution < 1.29 is 0 Å². The molecule has 4 heteroatoms. The van der Waals surface area contributed by atoms with Crippen LogP contribution in [0.2, 0.25) is 0 Å². The largest absolute Gasteiger partial charge is 0.271 e. The maximum absolute atomic E-state index is 5.59. The molecule has 0 aliphatic carbocycles. The minimum Gasteiger partial charge on any atom is -0.271 e. The number of hydrogen-bond donors (Lipinski definition) is 2. The zero-order chi connectivity index (χ0) is 13.1. The van der Waals surface area contributed by atoms with E-state index in [1.54, 1.807) is 12.4 Å². The molecule has 1 heterocycles. The molecule has 102 valence electrons. The number of hydrazine groups is 1. The predicted molar refractivity (Wildman–Crippen MR) is 74.7 cm³/mol. The average molecular weight is 250 g/mol. The number of aromatic nitrogens is 2. The summed E-state index contributed by atoms with van der Waals surface area (Å²) in [6, 6.07) is 2.18. The van der Waals surface area contributed by atoms with Crippen LogP contribution in [0.3, 0.4) is 0 Å². The summed E-state index contributed by atoms with van der Waals surface area (Å²) in [5.74, 6) is 5.59. The second-order valence-electron chi connectivity index (χ2n) is 4.81. The highest BCUT2D eigenvalue weighted by Crippen LogP contribution is 2.18. The Labute approximate surface area is 110 Å². The van der Waals surface area contributed by atoms with Crippen molar-refractivity contribution in [2.75, 3.05) is 0 Å². The Bertz CT molecular complexity index is 289. The van der Waals surface area contributed by atoms with Crippen molar-refractivity contribution in [3.63, 3.8) is 0 Å². The fourth-order valence-electron chi connectivity index (χ4n) is 2.16. The molecule has 1 atom stereocenters. The van der Waals surface area contributed by atoms with Crippen molar-refractivity contribution in [3.8, 4) is 0 Å². The van der Waals surface area contributed by atoms with Gasteiger partial charge in [-0.3, -0.25) is 11.3 Å². The molecule has 0 aromatic carbocycles. The van der Waals surface area contributed by atoms with Gasteiger partial charge in [0.15, 0.2) is 0 Å². The first-order valence-corrected chi connectivity index (χ1v) is 7.11. The van der Waals surface area contributed by atoms with Crippen LogP contribution < -0.4 is 11.3 Å². The second kappa shape index (κ2) is 9.97. The Hall–Kier alpha value is -1.00. The predicted octanol–water partition coefficient (Wildman–Crippen LogP) is 3.12. The third-order valence-corrected chi connectivity index (χ3v) is 3.31. The summed E-state index contributed by atoms with van der Waals surface area (Å²) >= 11 is 0. The van der Waals surface area contributed by atoms with E-state index < -0.39 is 0 Å². The van der Waals surface area contributed by atoms with Crippen LogP contribution in [0.5, 0.6) is 0 Å². The van der Waals surface area contributed by atoms with Gasteiger partial charge in [-0.1, -0.05) is 51.9 Å². The fraction of sp³-hybridized carbons (Fsp3) is 0.714. The van der Waals surface area contributed by atoms with Gasteiger partial charge in [0.05, 0.1) is 6.20 Å². The summed E-state index contributed by atoms with van der Waals surface area (Å²) in [6.07, 6.45) is 13.8. The molecule has 18 heavy (non-hydrogen) atoms. The molecule has 0 radical (unpaired) electrons. The number of unbranched alkanes of at least 4 members (excludes halogenated alkanes) is 6. The Morgan fingerprint density at radius 1 is 1.11 bits per heavy atom. The summed E-state index contributed by atoms with van der Waals surface area (Å²) in [7, 11) is 0. The van der Waals surface area contributed by atoms with Crippen molar-refractivity contribution in [3.05, 3.63) is 24.0 Å². The Morgan fingerprint density at radius 3 is 2.44 bits per heavy atom. The summed E-state index contributed by atoms with van der Waals surface area (Å²) in [5, 5.41) is 7.67. The van der Waals surface area contributed by atoms with Gasteiger partial charge in [-0.15, -0.1) is 0 Å². The normalized spacial score (nSPS) is 12.6. The van der Waals surface area contributed by atoms with E-state index in [-0.39, 0.29) is 6.04 Å². The maximum Gasteiger partial charge on any atom is 0.0544 e. The van der Waals surface area contributed by atoms with Crippen LogP contribution in [-0.2, 0) is 0 Å². The van der Waals surface area contributed by atoms with Crippen LogP contribution in [0.4, 0.5) is 0 Å². The van der Waals surface area contributed by atoms with Crippen LogP contribution in [0.25, 0.3) is 0 Å². The minimum absolute atomic E-state index is 0.205. The zero-order valence-electron chi connectivity index (χ0n) is 11.4. The Balaban J connectivity index is 2.13. The van der Waals surface area contributed by atoms with E-state index in [1.807, 2.05) is 6.07 Å². The van der Waals surface area contributed by atoms with Gasteiger partial charge in [-0.25, -0.2) is 0 Å². The van der Waals surface area contributed by atoms with Gasteiger partial charge in [-0.05, 0) is 18.1 Å². The first kappa shape index (κ1) is 15.1. The lowest BCUT2D eigenvalue weighted by molar-refractivity contribution is 0.474. The molecule has 0 fully saturated rings. The van der Waals surface area contributed by atoms with Crippen molar-refractivity contribution >= 4 is 0 Å². The summed E-state index contributed by atoms with van der Waals surface area (Å²) in [5.41, 5.74) is 3.99. The first-order valence-electron chi connectivity index (χ1n) is 7.11. The summed E-state index contributed by atoms with van der Waals surface area (Å²) in [4.78, 5) is 0. The summed E-state index contributed by atoms with van der Waals surface area (Å²) in [6.45, 7) is 2.25. The highest BCUT2D eigenvalue weighted by atomic mass is 15.2. The van der Waals surface area contributed by atoms with Gasteiger partial charge >= 0.3 is 0 Å². The standard InChI is InChI=1S/C14H26N4/c1-2-3-4-5-6-7-8-9-14(18-15)13-10-11-16-17-12-13/h10-12,14,18H,2-9,15H2,1H3. The van der Waals surface area contributed by atoms with E-state index in [0.29, 0.717) is 0 Å². The van der Waals surface area contributed by atoms with Crippen LogP contribution in [0, 0.1) is 0 Å². The molecule has 0 aliphatic rings. The fourth-order valence-corrected chi connectivity index (χ4v) is 2.16. The van der Waals surface area contributed by atoms with Gasteiger partial charge in [0.2, 0.25) is 0 Å². The molecule has 1 rings (SSSR count). The van der Waals surface area contributed by atoms with Crippen molar-refractivity contribution in [2.45, 2.75) is 64.3 Å². The molecule has 1 aromatic heterocycles. The Morgan fingerprint density at radius 2 is 1.83 bits per heavy atom. The van der Waals surface area contributed by atoms with E-state index in [4.69, 9.17) is 5.84 Å². The van der Waals surface area contributed by atoms with Crippen LogP contribution in [-0.4, -0.2) is 10.2 Å². The van der Waals surface area contributed by atoms with E-state index >= 15 is 0 Å². The van der Waals surface area contributed by atoms with E-state index in [1.165, 1.54) is 44.9 Å². The minimum atomic E-state index is 0.205. The van der Waals surface area contributed by atoms with E-state index in [2.05, 4.69) is 22.5 Å². The number of nitrogens with one attached hydrogen (secondary N) is 1. The van der Waals surface area contributed by atoms with Gasteiger partial charge < -0.3 is 0 Å². The number of rotatable bonds is 10. The molecular formula is C14H26N4. The quantitative estimate of drug-likeness (QED) is 0.380. The third-order valence-electron chi connectivity index (χ3n) is 3.31. The average Bonchev–Trinajstić information content (AvgIpc) is 2.43. The summed E-state index contributed by atoms with van der Waals surface area (Å²) < 4.78 is 0. The number of nitrogens with two attached hydrogens (primary N) is 1. The topological polar surface area (TPSA) is 63.8 Å². The Kier molecular flexibility index (Phi) is 8.34. The van der Waals surface area contributed by atoms with Gasteiger partial charge in [-0.2, -0.15) is 10.2 Å². The SMILES string of the molecule is CCCCCCCCCC(NN)c1ccnnc1. The first-order chi connectivity index (χ1) is 8.88. The highest BCUT2D eigenvalue weighted by Gasteiger charge is 2.08. The van der Waals surface area contributed by atoms with E-state index in [9.17, 15) is 0 Å². The smallest absolute Gasteiger partial charge is 0.0544 e. The van der Waals surface area contributed by atoms with Gasteiger partial charge in [0.25, 0.3) is 0 Å². The van der Waals surface area contributed by atoms with Gasteiger partial charge in [0, 0.05) is 12.2 Å². The molecule has 0 spiro atoms. The molecule has 1 unspecified atom stereocenters. The van der Waals surface area contributed by atoms with Crippen molar-refractivity contribution in [2.24, 2.45) is 5.84 Å². The lowest BCUT2D eigenvalue weighted by atomic mass is 10.0. The molecule has 0 saturated heterocycles. The van der Waals surface area contributed by atoms with Crippen LogP contribution in [0.15, 0.2) is 18.5 Å². The maximum atomic E-state index is 5.59. The molecule has 1 aromatic rings. The highest BCUT2D eigenvalue weighted by molar-refractivity contribution is 5.10. The third kappa shape index (κ3) is 6.07. The number of hydrogen-bond acceptors (Lipinski definition) is 4. The molecule has 0 aliphatic heterocycles. The molecule has 0 amide bonds. The van der Waals surface area contributed by atoms with E-state index in [0.717, 1.165) is 12.0 Å². The molecule has 0 saturated carbocycles. The molecular weight excluding hydrogens is 224 g/mol. The van der Waals surface area contributed by atoms with Crippen LogP contribution in [0.1, 0.15) is 69.9 Å². The van der Waals surface area contributed by atoms with Crippen molar-refractivity contribution in [1.29, 1.82) is 0 Å². The molecule has 0 bridgehead atoms. The molecule has 4 nitrogen and oxygen atoms in total. The van der Waals surface area contributed by atoms with Gasteiger partial charge in [0.1, 0.15) is 0 Å². The van der Waals surface area contributed by atoms with Crippen molar-refractivity contribution in [1.82, 2.24) is 15.6 Å².